The molecule has 0 spiro atoms. The number of hydrogen-bond donors (Lipinski definition) is 3. The van der Waals surface area contributed by atoms with Crippen molar-refractivity contribution in [2.45, 2.75) is 50.4 Å². The molecule has 4 atom stereocenters. The summed E-state index contributed by atoms with van der Waals surface area (Å²) in [6, 6.07) is 20.3. The van der Waals surface area contributed by atoms with Gasteiger partial charge in [-0.25, -0.2) is 0 Å². The van der Waals surface area contributed by atoms with Gasteiger partial charge in [0, 0.05) is 0 Å². The second kappa shape index (κ2) is 7.83. The zero-order valence-electron chi connectivity index (χ0n) is 15.9. The highest BCUT2D eigenvalue weighted by Gasteiger charge is 2.51. The third-order valence-corrected chi connectivity index (χ3v) is 10.2. The highest BCUT2D eigenvalue weighted by Crippen LogP contribution is 2.37. The van der Waals surface area contributed by atoms with Crippen molar-refractivity contribution in [1.82, 2.24) is 0 Å². The lowest BCUT2D eigenvalue weighted by molar-refractivity contribution is -0.132. The summed E-state index contributed by atoms with van der Waals surface area (Å²) in [5.74, 6) is 0. The summed E-state index contributed by atoms with van der Waals surface area (Å²) in [7, 11) is -2.74. The molecule has 2 aromatic carbocycles. The van der Waals surface area contributed by atoms with E-state index in [0.717, 1.165) is 10.4 Å². The fraction of sp³-hybridized carbons (Fsp3) is 0.429. The molecule has 0 aromatic heterocycles. The Hall–Kier alpha value is -1.54. The van der Waals surface area contributed by atoms with Crippen molar-refractivity contribution < 1.29 is 24.5 Å². The summed E-state index contributed by atoms with van der Waals surface area (Å²) in [4.78, 5) is 0. The molecule has 0 amide bonds. The molecular weight excluding hydrogens is 360 g/mol. The third kappa shape index (κ3) is 3.74. The number of benzene rings is 2. The largest absolute Gasteiger partial charge is 0.405 e. The summed E-state index contributed by atoms with van der Waals surface area (Å²) >= 11 is 0. The zero-order valence-corrected chi connectivity index (χ0v) is 16.9. The molecule has 3 N–H and O–H groups in total. The maximum atomic E-state index is 10.2. The van der Waals surface area contributed by atoms with Gasteiger partial charge in [0.1, 0.15) is 18.3 Å². The molecule has 0 saturated carbocycles. The van der Waals surface area contributed by atoms with Crippen molar-refractivity contribution in [3.63, 3.8) is 0 Å². The fourth-order valence-electron chi connectivity index (χ4n) is 3.84. The molecule has 1 saturated heterocycles. The van der Waals surface area contributed by atoms with Gasteiger partial charge in [-0.2, -0.15) is 0 Å². The van der Waals surface area contributed by atoms with Crippen LogP contribution < -0.4 is 10.4 Å². The summed E-state index contributed by atoms with van der Waals surface area (Å²) < 4.78 is 12.0. The van der Waals surface area contributed by atoms with E-state index in [2.05, 4.69) is 45.0 Å². The van der Waals surface area contributed by atoms with Crippen molar-refractivity contribution in [1.29, 1.82) is 0 Å². The normalized spacial score (nSPS) is 26.3. The lowest BCUT2D eigenvalue weighted by atomic mass is 10.1. The number of aliphatic hydroxyl groups excluding tert-OH is 3. The van der Waals surface area contributed by atoms with Crippen LogP contribution in [0.1, 0.15) is 20.8 Å². The van der Waals surface area contributed by atoms with Gasteiger partial charge >= 0.3 is 0 Å². The van der Waals surface area contributed by atoms with Gasteiger partial charge in [0.25, 0.3) is 8.32 Å². The van der Waals surface area contributed by atoms with Crippen LogP contribution in [0.5, 0.6) is 0 Å². The molecule has 1 aliphatic rings. The van der Waals surface area contributed by atoms with E-state index in [-0.39, 0.29) is 11.6 Å². The second-order valence-electron chi connectivity index (χ2n) is 8.02. The Kier molecular flexibility index (Phi) is 5.86. The predicted molar refractivity (Wildman–Crippen MR) is 106 cm³/mol. The minimum atomic E-state index is -2.74. The predicted octanol–water partition coefficient (Wildman–Crippen LogP) is 1.00. The SMILES string of the molecule is CC(C)(C)[Si](OC[C@H]1O[C@H](O)[C@@H](O)[C@@H]1O)(c1ccccc1)c1ccccc1. The smallest absolute Gasteiger partial charge is 0.261 e. The minimum absolute atomic E-state index is 0.0859. The van der Waals surface area contributed by atoms with Crippen LogP contribution in [0.4, 0.5) is 0 Å². The van der Waals surface area contributed by atoms with E-state index < -0.39 is 32.9 Å². The van der Waals surface area contributed by atoms with Gasteiger partial charge < -0.3 is 24.5 Å². The van der Waals surface area contributed by atoms with Crippen LogP contribution in [0.3, 0.4) is 0 Å². The van der Waals surface area contributed by atoms with Gasteiger partial charge in [-0.3, -0.25) is 0 Å². The summed E-state index contributed by atoms with van der Waals surface area (Å²) in [5, 5.41) is 31.7. The highest BCUT2D eigenvalue weighted by molar-refractivity contribution is 6.99. The first-order chi connectivity index (χ1) is 12.8. The first-order valence-corrected chi connectivity index (χ1v) is 11.1. The Morgan fingerprint density at radius 3 is 1.70 bits per heavy atom. The van der Waals surface area contributed by atoms with Crippen LogP contribution in [-0.2, 0) is 9.16 Å². The Morgan fingerprint density at radius 1 is 0.852 bits per heavy atom. The molecule has 27 heavy (non-hydrogen) atoms. The quantitative estimate of drug-likeness (QED) is 0.666. The topological polar surface area (TPSA) is 79.2 Å². The van der Waals surface area contributed by atoms with Gasteiger partial charge in [0.05, 0.1) is 6.61 Å². The molecule has 0 aliphatic carbocycles. The van der Waals surface area contributed by atoms with Gasteiger partial charge in [-0.1, -0.05) is 81.4 Å². The van der Waals surface area contributed by atoms with E-state index in [9.17, 15) is 15.3 Å². The Balaban J connectivity index is 2.02. The van der Waals surface area contributed by atoms with E-state index in [4.69, 9.17) is 9.16 Å². The van der Waals surface area contributed by atoms with Crippen LogP contribution in [0.25, 0.3) is 0 Å². The summed E-state index contributed by atoms with van der Waals surface area (Å²) in [5.41, 5.74) is 0. The van der Waals surface area contributed by atoms with Crippen molar-refractivity contribution in [2.75, 3.05) is 6.61 Å². The Labute approximate surface area is 161 Å². The molecule has 1 fully saturated rings. The number of rotatable bonds is 5. The molecule has 0 bridgehead atoms. The van der Waals surface area contributed by atoms with Crippen LogP contribution >= 0.6 is 0 Å². The summed E-state index contributed by atoms with van der Waals surface area (Å²) in [6.07, 6.45) is -4.68. The second-order valence-corrected chi connectivity index (χ2v) is 12.3. The average molecular weight is 389 g/mol. The van der Waals surface area contributed by atoms with E-state index in [1.807, 2.05) is 36.4 Å². The Bertz CT molecular complexity index is 692. The van der Waals surface area contributed by atoms with Crippen LogP contribution in [-0.4, -0.2) is 54.8 Å². The molecule has 2 aromatic rings. The van der Waals surface area contributed by atoms with Gasteiger partial charge in [0.2, 0.25) is 0 Å². The molecule has 3 rings (SSSR count). The lowest BCUT2D eigenvalue weighted by Crippen LogP contribution is -2.67. The molecule has 146 valence electrons. The van der Waals surface area contributed by atoms with Gasteiger partial charge in [0.15, 0.2) is 6.29 Å². The van der Waals surface area contributed by atoms with E-state index in [1.165, 1.54) is 0 Å². The monoisotopic (exact) mass is 388 g/mol. The van der Waals surface area contributed by atoms with Crippen molar-refractivity contribution in [3.05, 3.63) is 60.7 Å². The van der Waals surface area contributed by atoms with E-state index in [1.54, 1.807) is 0 Å². The number of aliphatic hydroxyl groups is 3. The lowest BCUT2D eigenvalue weighted by Gasteiger charge is -2.43. The van der Waals surface area contributed by atoms with E-state index >= 15 is 0 Å². The highest BCUT2D eigenvalue weighted by atomic mass is 28.4. The first kappa shape index (κ1) is 20.2. The third-order valence-electron chi connectivity index (χ3n) is 5.22. The van der Waals surface area contributed by atoms with Gasteiger partial charge in [-0.15, -0.1) is 0 Å². The standard InChI is InChI=1S/C21H28O5Si/c1-21(2,3)27(15-10-6-4-7-11-15,16-12-8-5-9-13-16)25-14-17-18(22)19(23)20(24)26-17/h4-13,17-20,22-24H,14H2,1-3H3/t17-,18-,19+,20+/m1/s1. The average Bonchev–Trinajstić information content (AvgIpc) is 2.90. The maximum absolute atomic E-state index is 10.2. The van der Waals surface area contributed by atoms with E-state index in [0.29, 0.717) is 0 Å². The number of ether oxygens (including phenoxy) is 1. The van der Waals surface area contributed by atoms with Crippen molar-refractivity contribution >= 4 is 18.7 Å². The molecule has 5 nitrogen and oxygen atoms in total. The van der Waals surface area contributed by atoms with Crippen molar-refractivity contribution in [2.24, 2.45) is 0 Å². The molecule has 0 unspecified atom stereocenters. The van der Waals surface area contributed by atoms with Gasteiger partial charge in [-0.05, 0) is 15.4 Å². The van der Waals surface area contributed by atoms with Crippen LogP contribution in [0.15, 0.2) is 60.7 Å². The van der Waals surface area contributed by atoms with Crippen LogP contribution in [0.2, 0.25) is 5.04 Å². The molecule has 1 aliphatic heterocycles. The maximum Gasteiger partial charge on any atom is 0.261 e. The Morgan fingerprint density at radius 2 is 1.33 bits per heavy atom. The molecular formula is C21H28O5Si. The number of hydrogen-bond acceptors (Lipinski definition) is 5. The molecule has 1 heterocycles. The first-order valence-electron chi connectivity index (χ1n) is 9.22. The zero-order chi connectivity index (χ0) is 19.7. The fourth-order valence-corrected chi connectivity index (χ4v) is 8.41. The van der Waals surface area contributed by atoms with Crippen molar-refractivity contribution in [3.8, 4) is 0 Å². The molecule has 6 heteroatoms. The molecule has 0 radical (unpaired) electrons. The minimum Gasteiger partial charge on any atom is -0.405 e. The van der Waals surface area contributed by atoms with Crippen LogP contribution in [0, 0.1) is 0 Å². The summed E-state index contributed by atoms with van der Waals surface area (Å²) in [6.45, 7) is 6.57.